The Labute approximate surface area is 182 Å². The predicted octanol–water partition coefficient (Wildman–Crippen LogP) is 6.75. The van der Waals surface area contributed by atoms with Gasteiger partial charge in [-0.2, -0.15) is 13.2 Å². The second kappa shape index (κ2) is 7.76. The van der Waals surface area contributed by atoms with Gasteiger partial charge in [0.2, 0.25) is 0 Å². The van der Waals surface area contributed by atoms with E-state index in [0.29, 0.717) is 15.2 Å². The number of benzene rings is 2. The smallest absolute Gasteiger partial charge is 0.255 e. The van der Waals surface area contributed by atoms with Crippen molar-refractivity contribution in [1.29, 1.82) is 0 Å². The molecule has 2 heterocycles. The third-order valence-electron chi connectivity index (χ3n) is 5.10. The van der Waals surface area contributed by atoms with Crippen molar-refractivity contribution in [3.05, 3.63) is 71.9 Å². The summed E-state index contributed by atoms with van der Waals surface area (Å²) in [5.74, 6) is 0.0245. The van der Waals surface area contributed by atoms with Crippen molar-refractivity contribution < 1.29 is 21.6 Å². The van der Waals surface area contributed by atoms with Gasteiger partial charge in [-0.05, 0) is 53.4 Å². The molecular weight excluding hydrogens is 443 g/mol. The van der Waals surface area contributed by atoms with E-state index in [-0.39, 0.29) is 11.3 Å². The molecule has 4 aromatic rings. The first kappa shape index (κ1) is 21.5. The maximum atomic E-state index is 13.5. The first-order valence-corrected chi connectivity index (χ1v) is 12.0. The fourth-order valence-corrected chi connectivity index (χ4v) is 5.97. The van der Waals surface area contributed by atoms with E-state index >= 15 is 0 Å². The summed E-state index contributed by atoms with van der Waals surface area (Å²) >= 11 is 1.19. The van der Waals surface area contributed by atoms with Crippen LogP contribution in [0.3, 0.4) is 0 Å². The van der Waals surface area contributed by atoms with Crippen LogP contribution >= 0.6 is 11.3 Å². The largest absolute Gasteiger partial charge is 0.418 e. The number of hydrogen-bond acceptors (Lipinski definition) is 4. The third kappa shape index (κ3) is 3.97. The van der Waals surface area contributed by atoms with E-state index in [1.54, 1.807) is 25.1 Å². The van der Waals surface area contributed by atoms with Gasteiger partial charge in [-0.3, -0.25) is 4.98 Å². The highest BCUT2D eigenvalue weighted by Gasteiger charge is 2.33. The quantitative estimate of drug-likeness (QED) is 0.338. The van der Waals surface area contributed by atoms with Gasteiger partial charge in [0.15, 0.2) is 9.84 Å². The Morgan fingerprint density at radius 2 is 1.71 bits per heavy atom. The van der Waals surface area contributed by atoms with Gasteiger partial charge in [0.1, 0.15) is 4.21 Å². The first-order valence-electron chi connectivity index (χ1n) is 9.50. The molecule has 2 aromatic carbocycles. The summed E-state index contributed by atoms with van der Waals surface area (Å²) < 4.78 is 65.0. The minimum absolute atomic E-state index is 0.0245. The lowest BCUT2D eigenvalue weighted by Gasteiger charge is -2.15. The molecule has 4 rings (SSSR count). The Balaban J connectivity index is 1.88. The fraction of sp³-hybridized carbons (Fsp3) is 0.174. The SMILES string of the molecule is CCS(=O)(=O)c1ccc(-c2cccc(-c3c(C)cnc4c(C(F)(F)F)cccc34)c2)s1. The molecule has 31 heavy (non-hydrogen) atoms. The molecule has 8 heteroatoms. The van der Waals surface area contributed by atoms with Crippen molar-refractivity contribution in [3.8, 4) is 21.6 Å². The zero-order valence-corrected chi connectivity index (χ0v) is 18.3. The van der Waals surface area contributed by atoms with Gasteiger partial charge in [-0.25, -0.2) is 8.42 Å². The highest BCUT2D eigenvalue weighted by atomic mass is 32.2. The van der Waals surface area contributed by atoms with Crippen LogP contribution in [0.4, 0.5) is 13.2 Å². The van der Waals surface area contributed by atoms with Crippen LogP contribution in [-0.4, -0.2) is 19.2 Å². The summed E-state index contributed by atoms with van der Waals surface area (Å²) in [5, 5.41) is 0.424. The van der Waals surface area contributed by atoms with Crippen molar-refractivity contribution >= 4 is 32.1 Å². The van der Waals surface area contributed by atoms with E-state index in [4.69, 9.17) is 0 Å². The van der Waals surface area contributed by atoms with Gasteiger partial charge in [-0.1, -0.05) is 37.3 Å². The summed E-state index contributed by atoms with van der Waals surface area (Å²) in [6.45, 7) is 3.41. The van der Waals surface area contributed by atoms with Crippen LogP contribution in [0.15, 0.2) is 65.0 Å². The minimum Gasteiger partial charge on any atom is -0.255 e. The molecule has 0 bridgehead atoms. The zero-order valence-electron chi connectivity index (χ0n) is 16.7. The molecule has 0 radical (unpaired) electrons. The minimum atomic E-state index is -4.50. The number of halogens is 3. The predicted molar refractivity (Wildman–Crippen MR) is 118 cm³/mol. The van der Waals surface area contributed by atoms with E-state index < -0.39 is 21.6 Å². The van der Waals surface area contributed by atoms with Crippen LogP contribution in [0.5, 0.6) is 0 Å². The average molecular weight is 462 g/mol. The molecule has 0 saturated heterocycles. The number of aryl methyl sites for hydroxylation is 1. The van der Waals surface area contributed by atoms with Crippen molar-refractivity contribution in [2.45, 2.75) is 24.2 Å². The van der Waals surface area contributed by atoms with Crippen molar-refractivity contribution in [2.75, 3.05) is 5.75 Å². The molecule has 0 atom stereocenters. The van der Waals surface area contributed by atoms with Crippen LogP contribution in [0, 0.1) is 6.92 Å². The number of nitrogens with zero attached hydrogens (tertiary/aromatic N) is 1. The Bertz CT molecular complexity index is 1390. The second-order valence-corrected chi connectivity index (χ2v) is 10.7. The summed E-state index contributed by atoms with van der Waals surface area (Å²) in [5.41, 5.74) is 2.12. The summed E-state index contributed by atoms with van der Waals surface area (Å²) in [7, 11) is -3.30. The standard InChI is InChI=1S/C23H18F3NO2S2/c1-3-31(28,29)20-11-10-19(30-20)15-6-4-7-16(12-15)21-14(2)13-27-22-17(21)8-5-9-18(22)23(24,25)26/h4-13H,3H2,1-2H3. The van der Waals surface area contributed by atoms with Crippen molar-refractivity contribution in [1.82, 2.24) is 4.98 Å². The van der Waals surface area contributed by atoms with Crippen LogP contribution < -0.4 is 0 Å². The number of sulfone groups is 1. The second-order valence-electron chi connectivity index (χ2n) is 7.12. The molecule has 160 valence electrons. The molecule has 0 amide bonds. The Hall–Kier alpha value is -2.71. The van der Waals surface area contributed by atoms with Gasteiger partial charge < -0.3 is 0 Å². The molecule has 0 unspecified atom stereocenters. The molecule has 0 aliphatic heterocycles. The topological polar surface area (TPSA) is 47.0 Å². The van der Waals surface area contributed by atoms with E-state index in [1.807, 2.05) is 31.2 Å². The third-order valence-corrected chi connectivity index (χ3v) is 8.55. The van der Waals surface area contributed by atoms with Crippen LogP contribution in [-0.2, 0) is 16.0 Å². The summed E-state index contributed by atoms with van der Waals surface area (Å²) in [6.07, 6.45) is -3.05. The number of thiophene rings is 1. The van der Waals surface area contributed by atoms with Gasteiger partial charge in [0, 0.05) is 16.5 Å². The monoisotopic (exact) mass is 461 g/mol. The van der Waals surface area contributed by atoms with Crippen molar-refractivity contribution in [3.63, 3.8) is 0 Å². The molecule has 0 fully saturated rings. The molecule has 2 aromatic heterocycles. The van der Waals surface area contributed by atoms with E-state index in [0.717, 1.165) is 27.6 Å². The van der Waals surface area contributed by atoms with E-state index in [1.165, 1.54) is 23.6 Å². The zero-order chi connectivity index (χ0) is 22.4. The molecule has 3 nitrogen and oxygen atoms in total. The molecule has 0 aliphatic rings. The van der Waals surface area contributed by atoms with Crippen LogP contribution in [0.2, 0.25) is 0 Å². The number of pyridine rings is 1. The lowest BCUT2D eigenvalue weighted by atomic mass is 9.94. The first-order chi connectivity index (χ1) is 14.6. The molecule has 0 aliphatic carbocycles. The molecular formula is C23H18F3NO2S2. The lowest BCUT2D eigenvalue weighted by molar-refractivity contribution is -0.136. The number of para-hydroxylation sites is 1. The number of aromatic nitrogens is 1. The van der Waals surface area contributed by atoms with Gasteiger partial charge in [-0.15, -0.1) is 11.3 Å². The molecule has 0 N–H and O–H groups in total. The van der Waals surface area contributed by atoms with Gasteiger partial charge in [0.25, 0.3) is 0 Å². The average Bonchev–Trinajstić information content (AvgIpc) is 3.24. The van der Waals surface area contributed by atoms with Crippen LogP contribution in [0.25, 0.3) is 32.5 Å². The highest BCUT2D eigenvalue weighted by Crippen LogP contribution is 2.39. The Morgan fingerprint density at radius 1 is 1.00 bits per heavy atom. The Kier molecular flexibility index (Phi) is 5.39. The number of fused-ring (bicyclic) bond motifs is 1. The van der Waals surface area contributed by atoms with Crippen LogP contribution in [0.1, 0.15) is 18.1 Å². The van der Waals surface area contributed by atoms with Crippen molar-refractivity contribution in [2.24, 2.45) is 0 Å². The highest BCUT2D eigenvalue weighted by molar-refractivity contribution is 7.93. The normalized spacial score (nSPS) is 12.4. The lowest BCUT2D eigenvalue weighted by Crippen LogP contribution is -2.07. The van der Waals surface area contributed by atoms with Gasteiger partial charge in [0.05, 0.1) is 16.8 Å². The van der Waals surface area contributed by atoms with Gasteiger partial charge >= 0.3 is 6.18 Å². The summed E-state index contributed by atoms with van der Waals surface area (Å²) in [6, 6.07) is 14.8. The number of rotatable bonds is 4. The summed E-state index contributed by atoms with van der Waals surface area (Å²) in [4.78, 5) is 4.85. The number of hydrogen-bond donors (Lipinski definition) is 0. The maximum Gasteiger partial charge on any atom is 0.418 e. The fourth-order valence-electron chi connectivity index (χ4n) is 3.55. The number of alkyl halides is 3. The maximum absolute atomic E-state index is 13.5. The Morgan fingerprint density at radius 3 is 2.42 bits per heavy atom. The van der Waals surface area contributed by atoms with E-state index in [9.17, 15) is 21.6 Å². The molecule has 0 saturated carbocycles. The molecule has 0 spiro atoms. The van der Waals surface area contributed by atoms with E-state index in [2.05, 4.69) is 4.98 Å².